The van der Waals surface area contributed by atoms with Crippen molar-refractivity contribution < 1.29 is 14.7 Å². The van der Waals surface area contributed by atoms with Crippen molar-refractivity contribution in [2.24, 2.45) is 5.73 Å². The molecule has 3 N–H and O–H groups in total. The second-order valence-electron chi connectivity index (χ2n) is 8.18. The molecule has 0 radical (unpaired) electrons. The molecule has 8 nitrogen and oxygen atoms in total. The lowest BCUT2D eigenvalue weighted by Crippen LogP contribution is -2.40. The number of benzene rings is 2. The maximum Gasteiger partial charge on any atom is 0.300 e. The Hall–Kier alpha value is -3.52. The Kier molecular flexibility index (Phi) is 8.32. The minimum atomic E-state index is -0.833. The Morgan fingerprint density at radius 1 is 1.00 bits per heavy atom. The number of nitrogens with zero attached hydrogens (tertiary/aromatic N) is 4. The number of rotatable bonds is 6. The zero-order valence-corrected chi connectivity index (χ0v) is 19.1. The van der Waals surface area contributed by atoms with Gasteiger partial charge < -0.3 is 20.3 Å². The lowest BCUT2D eigenvalue weighted by molar-refractivity contribution is -0.134. The number of nitrogens with two attached hydrogens (primary N) is 1. The van der Waals surface area contributed by atoms with Crippen molar-refractivity contribution in [3.63, 3.8) is 0 Å². The predicted octanol–water partition coefficient (Wildman–Crippen LogP) is 2.87. The maximum absolute atomic E-state index is 13.0. The van der Waals surface area contributed by atoms with Crippen molar-refractivity contribution in [1.82, 2.24) is 19.7 Å². The van der Waals surface area contributed by atoms with Gasteiger partial charge in [-0.25, -0.2) is 0 Å². The van der Waals surface area contributed by atoms with E-state index in [9.17, 15) is 4.79 Å². The quantitative estimate of drug-likeness (QED) is 0.598. The van der Waals surface area contributed by atoms with Gasteiger partial charge in [-0.15, -0.1) is 10.2 Å². The largest absolute Gasteiger partial charge is 0.481 e. The van der Waals surface area contributed by atoms with Gasteiger partial charge in [-0.1, -0.05) is 42.5 Å². The first-order valence-corrected chi connectivity index (χ1v) is 11.1. The molecule has 1 amide bonds. The van der Waals surface area contributed by atoms with Crippen molar-refractivity contribution in [3.05, 3.63) is 82.9 Å². The topological polar surface area (TPSA) is 114 Å². The van der Waals surface area contributed by atoms with Crippen molar-refractivity contribution in [1.29, 1.82) is 0 Å². The first-order chi connectivity index (χ1) is 15.9. The first kappa shape index (κ1) is 24.1. The number of carboxylic acid groups (broad SMARTS) is 1. The second kappa shape index (κ2) is 11.4. The molecule has 0 bridgehead atoms. The van der Waals surface area contributed by atoms with E-state index >= 15 is 0 Å². The predicted molar refractivity (Wildman–Crippen MR) is 126 cm³/mol. The fourth-order valence-corrected chi connectivity index (χ4v) is 4.00. The molecule has 1 aromatic heterocycles. The summed E-state index contributed by atoms with van der Waals surface area (Å²) in [7, 11) is 0. The summed E-state index contributed by atoms with van der Waals surface area (Å²) < 4.78 is 2.21. The van der Waals surface area contributed by atoms with Crippen molar-refractivity contribution in [3.8, 4) is 0 Å². The van der Waals surface area contributed by atoms with Gasteiger partial charge in [-0.05, 0) is 49.6 Å². The number of carbonyl (C=O) groups excluding carboxylic acids is 1. The number of carboxylic acids is 1. The molecule has 0 unspecified atom stereocenters. The van der Waals surface area contributed by atoms with Gasteiger partial charge >= 0.3 is 0 Å². The van der Waals surface area contributed by atoms with Gasteiger partial charge in [-0.3, -0.25) is 9.59 Å². The summed E-state index contributed by atoms with van der Waals surface area (Å²) in [4.78, 5) is 23.9. The van der Waals surface area contributed by atoms with E-state index in [1.54, 1.807) is 0 Å². The number of fused-ring (bicyclic) bond motifs is 1. The van der Waals surface area contributed by atoms with Crippen LogP contribution < -0.4 is 5.73 Å². The normalized spacial score (nSPS) is 14.8. The van der Waals surface area contributed by atoms with Gasteiger partial charge in [0.1, 0.15) is 5.82 Å². The van der Waals surface area contributed by atoms with E-state index < -0.39 is 5.97 Å². The number of hydrogen-bond acceptors (Lipinski definition) is 5. The summed E-state index contributed by atoms with van der Waals surface area (Å²) in [5, 5.41) is 16.2. The van der Waals surface area contributed by atoms with Crippen LogP contribution in [0.1, 0.15) is 53.0 Å². The van der Waals surface area contributed by atoms with Crippen LogP contribution in [0.4, 0.5) is 0 Å². The molecule has 4 rings (SSSR count). The Morgan fingerprint density at radius 2 is 1.64 bits per heavy atom. The van der Waals surface area contributed by atoms with E-state index in [4.69, 9.17) is 15.6 Å². The summed E-state index contributed by atoms with van der Waals surface area (Å²) in [6.07, 6.45) is 2.60. The maximum atomic E-state index is 13.0. The molecule has 0 aliphatic carbocycles. The number of carbonyl (C=O) groups is 2. The molecule has 174 valence electrons. The average Bonchev–Trinajstić information content (AvgIpc) is 3.22. The molecule has 2 heterocycles. The molecule has 0 saturated carbocycles. The van der Waals surface area contributed by atoms with Crippen LogP contribution in [0.3, 0.4) is 0 Å². The highest BCUT2D eigenvalue weighted by atomic mass is 16.4. The number of aliphatic carboxylic acids is 1. The minimum Gasteiger partial charge on any atom is -0.481 e. The second-order valence-corrected chi connectivity index (χ2v) is 8.18. The van der Waals surface area contributed by atoms with Gasteiger partial charge in [0, 0.05) is 25.5 Å². The Labute approximate surface area is 194 Å². The molecule has 0 spiro atoms. The molecular formula is C25H31N5O3. The van der Waals surface area contributed by atoms with E-state index in [1.807, 2.05) is 35.2 Å². The molecule has 8 heteroatoms. The van der Waals surface area contributed by atoms with Crippen LogP contribution >= 0.6 is 0 Å². The SMILES string of the molecule is CC(=O)O.C[C@H]1CN(C(=O)c2ccc(CCN)cc2)Cc2nnc(CCc3ccccc3)n21. The van der Waals surface area contributed by atoms with Crippen LogP contribution in [0.2, 0.25) is 0 Å². The lowest BCUT2D eigenvalue weighted by atomic mass is 10.1. The fraction of sp³-hybridized carbons (Fsp3) is 0.360. The molecule has 0 saturated heterocycles. The Bertz CT molecular complexity index is 1060. The van der Waals surface area contributed by atoms with Gasteiger partial charge in [0.2, 0.25) is 0 Å². The van der Waals surface area contributed by atoms with Gasteiger partial charge in [-0.2, -0.15) is 0 Å². The Balaban J connectivity index is 0.000000709. The zero-order chi connectivity index (χ0) is 23.8. The third-order valence-corrected chi connectivity index (χ3v) is 5.50. The first-order valence-electron chi connectivity index (χ1n) is 11.1. The fourth-order valence-electron chi connectivity index (χ4n) is 4.00. The average molecular weight is 450 g/mol. The third-order valence-electron chi connectivity index (χ3n) is 5.50. The summed E-state index contributed by atoms with van der Waals surface area (Å²) in [5.74, 6) is 1.06. The van der Waals surface area contributed by atoms with Crippen LogP contribution in [0.5, 0.6) is 0 Å². The van der Waals surface area contributed by atoms with E-state index in [2.05, 4.69) is 46.0 Å². The van der Waals surface area contributed by atoms with E-state index in [-0.39, 0.29) is 11.9 Å². The molecule has 1 aliphatic rings. The molecule has 3 aromatic rings. The Morgan fingerprint density at radius 3 is 2.27 bits per heavy atom. The summed E-state index contributed by atoms with van der Waals surface area (Å²) in [6.45, 7) is 4.97. The van der Waals surface area contributed by atoms with Crippen LogP contribution in [0.15, 0.2) is 54.6 Å². The molecule has 1 atom stereocenters. The standard InChI is InChI=1S/C23H27N5O.C2H4O2/c1-17-15-27(23(29)20-10-7-19(8-11-20)13-14-24)16-22-26-25-21(28(17)22)12-9-18-5-3-2-4-6-18;1-2(3)4/h2-8,10-11,17H,9,12-16,24H2,1H3;1H3,(H,3,4)/t17-;/m0./s1. The summed E-state index contributed by atoms with van der Waals surface area (Å²) in [5.41, 5.74) is 8.75. The molecule has 2 aromatic carbocycles. The third kappa shape index (κ3) is 6.49. The van der Waals surface area contributed by atoms with E-state index in [0.29, 0.717) is 25.2 Å². The smallest absolute Gasteiger partial charge is 0.300 e. The highest BCUT2D eigenvalue weighted by Crippen LogP contribution is 2.24. The van der Waals surface area contributed by atoms with E-state index in [1.165, 1.54) is 5.56 Å². The van der Waals surface area contributed by atoms with Crippen molar-refractivity contribution in [2.45, 2.75) is 45.7 Å². The van der Waals surface area contributed by atoms with E-state index in [0.717, 1.165) is 43.4 Å². The zero-order valence-electron chi connectivity index (χ0n) is 19.1. The number of hydrogen-bond donors (Lipinski definition) is 2. The monoisotopic (exact) mass is 449 g/mol. The van der Waals surface area contributed by atoms with Crippen molar-refractivity contribution in [2.75, 3.05) is 13.1 Å². The van der Waals surface area contributed by atoms with Crippen molar-refractivity contribution >= 4 is 11.9 Å². The van der Waals surface area contributed by atoms with Crippen LogP contribution in [-0.4, -0.2) is 49.7 Å². The van der Waals surface area contributed by atoms with Gasteiger partial charge in [0.25, 0.3) is 11.9 Å². The highest BCUT2D eigenvalue weighted by molar-refractivity contribution is 5.94. The molecule has 33 heavy (non-hydrogen) atoms. The molecule has 1 aliphatic heterocycles. The number of amides is 1. The van der Waals surface area contributed by atoms with Gasteiger partial charge in [0.15, 0.2) is 5.82 Å². The summed E-state index contributed by atoms with van der Waals surface area (Å²) >= 11 is 0. The van der Waals surface area contributed by atoms with Gasteiger partial charge in [0.05, 0.1) is 12.6 Å². The molecular weight excluding hydrogens is 418 g/mol. The summed E-state index contributed by atoms with van der Waals surface area (Å²) in [6, 6.07) is 18.3. The molecule has 0 fully saturated rings. The lowest BCUT2D eigenvalue weighted by Gasteiger charge is -2.32. The number of aryl methyl sites for hydroxylation is 2. The van der Waals surface area contributed by atoms with Crippen LogP contribution in [0.25, 0.3) is 0 Å². The number of aromatic nitrogens is 3. The minimum absolute atomic E-state index is 0.0382. The van der Waals surface area contributed by atoms with Crippen LogP contribution in [0, 0.1) is 0 Å². The highest BCUT2D eigenvalue weighted by Gasteiger charge is 2.29. The van der Waals surface area contributed by atoms with Crippen LogP contribution in [-0.2, 0) is 30.6 Å².